The van der Waals surface area contributed by atoms with Crippen LogP contribution in [-0.2, 0) is 0 Å². The molecule has 17 heavy (non-hydrogen) atoms. The Morgan fingerprint density at radius 1 is 1.29 bits per heavy atom. The van der Waals surface area contributed by atoms with Crippen molar-refractivity contribution in [3.05, 3.63) is 30.3 Å². The summed E-state index contributed by atoms with van der Waals surface area (Å²) in [5, 5.41) is 22.0. The molecule has 1 unspecified atom stereocenters. The molecule has 4 heteroatoms. The van der Waals surface area contributed by atoms with Gasteiger partial charge in [0.05, 0.1) is 6.10 Å². The van der Waals surface area contributed by atoms with Crippen molar-refractivity contribution in [2.75, 3.05) is 13.2 Å². The van der Waals surface area contributed by atoms with E-state index in [1.165, 1.54) is 0 Å². The second-order valence-electron chi connectivity index (χ2n) is 4.51. The number of hydrogen-bond donors (Lipinski definition) is 3. The van der Waals surface area contributed by atoms with Crippen molar-refractivity contribution in [3.8, 4) is 5.75 Å². The van der Waals surface area contributed by atoms with Crippen molar-refractivity contribution in [3.63, 3.8) is 0 Å². The lowest BCUT2D eigenvalue weighted by molar-refractivity contribution is 0.0488. The topological polar surface area (TPSA) is 61.7 Å². The van der Waals surface area contributed by atoms with Gasteiger partial charge in [0.25, 0.3) is 0 Å². The summed E-state index contributed by atoms with van der Waals surface area (Å²) in [7, 11) is 0. The summed E-state index contributed by atoms with van der Waals surface area (Å²) in [6.07, 6.45) is 0.886. The largest absolute Gasteiger partial charge is 0.491 e. The van der Waals surface area contributed by atoms with Crippen LogP contribution in [0.5, 0.6) is 5.75 Å². The minimum atomic E-state index is -0.520. The fourth-order valence-electron chi connectivity index (χ4n) is 1.83. The Hall–Kier alpha value is -1.10. The van der Waals surface area contributed by atoms with Crippen molar-refractivity contribution in [2.45, 2.75) is 31.1 Å². The van der Waals surface area contributed by atoms with Gasteiger partial charge >= 0.3 is 0 Å². The fourth-order valence-corrected chi connectivity index (χ4v) is 1.83. The van der Waals surface area contributed by atoms with Crippen molar-refractivity contribution < 1.29 is 14.9 Å². The lowest BCUT2D eigenvalue weighted by Crippen LogP contribution is -2.47. The molecule has 0 heterocycles. The minimum absolute atomic E-state index is 0.162. The monoisotopic (exact) mass is 237 g/mol. The molecule has 1 aromatic carbocycles. The van der Waals surface area contributed by atoms with E-state index in [1.54, 1.807) is 0 Å². The molecule has 0 bridgehead atoms. The molecule has 94 valence electrons. The summed E-state index contributed by atoms with van der Waals surface area (Å²) >= 11 is 0. The molecule has 0 aromatic heterocycles. The smallest absolute Gasteiger partial charge is 0.119 e. The molecule has 1 aliphatic rings. The van der Waals surface area contributed by atoms with Gasteiger partial charge in [0, 0.05) is 12.6 Å². The zero-order valence-corrected chi connectivity index (χ0v) is 9.75. The maximum absolute atomic E-state index is 9.69. The first-order chi connectivity index (χ1) is 8.24. The van der Waals surface area contributed by atoms with Gasteiger partial charge in [0.2, 0.25) is 0 Å². The highest BCUT2D eigenvalue weighted by atomic mass is 16.5. The van der Waals surface area contributed by atoms with Crippen molar-refractivity contribution in [1.29, 1.82) is 0 Å². The van der Waals surface area contributed by atoms with Crippen LogP contribution >= 0.6 is 0 Å². The Bertz CT molecular complexity index is 325. The third kappa shape index (κ3) is 4.00. The van der Waals surface area contributed by atoms with E-state index in [2.05, 4.69) is 5.32 Å². The molecule has 1 aromatic rings. The highest BCUT2D eigenvalue weighted by molar-refractivity contribution is 5.20. The lowest BCUT2D eigenvalue weighted by Gasteiger charge is -2.32. The third-order valence-corrected chi connectivity index (χ3v) is 2.94. The molecule has 0 radical (unpaired) electrons. The van der Waals surface area contributed by atoms with Crippen LogP contribution in [0.4, 0.5) is 0 Å². The van der Waals surface area contributed by atoms with Crippen LogP contribution in [0, 0.1) is 0 Å². The summed E-state index contributed by atoms with van der Waals surface area (Å²) in [5.41, 5.74) is 0. The number of hydrogen-bond acceptors (Lipinski definition) is 4. The molecule has 4 nitrogen and oxygen atoms in total. The van der Waals surface area contributed by atoms with Crippen LogP contribution in [-0.4, -0.2) is 41.6 Å². The van der Waals surface area contributed by atoms with Gasteiger partial charge in [-0.25, -0.2) is 0 Å². The quantitative estimate of drug-likeness (QED) is 0.676. The number of benzene rings is 1. The van der Waals surface area contributed by atoms with E-state index in [1.807, 2.05) is 30.3 Å². The molecule has 0 saturated heterocycles. The van der Waals surface area contributed by atoms with Crippen molar-refractivity contribution in [1.82, 2.24) is 5.32 Å². The van der Waals surface area contributed by atoms with Gasteiger partial charge in [0.1, 0.15) is 18.5 Å². The maximum Gasteiger partial charge on any atom is 0.119 e. The zero-order chi connectivity index (χ0) is 12.1. The second-order valence-corrected chi connectivity index (χ2v) is 4.51. The fraction of sp³-hybridized carbons (Fsp3) is 0.538. The first kappa shape index (κ1) is 12.4. The summed E-state index contributed by atoms with van der Waals surface area (Å²) < 4.78 is 5.43. The summed E-state index contributed by atoms with van der Waals surface area (Å²) in [5.74, 6) is 0.769. The second kappa shape index (κ2) is 6.00. The molecule has 1 atom stereocenters. The van der Waals surface area contributed by atoms with E-state index in [-0.39, 0.29) is 12.7 Å². The van der Waals surface area contributed by atoms with Gasteiger partial charge in [-0.15, -0.1) is 0 Å². The molecule has 2 rings (SSSR count). The Kier molecular flexibility index (Phi) is 4.36. The molecule has 0 aliphatic heterocycles. The Morgan fingerprint density at radius 3 is 2.65 bits per heavy atom. The number of rotatable bonds is 6. The SMILES string of the molecule is OC(CNC1CC(O)C1)COc1ccccc1. The Labute approximate surface area is 101 Å². The summed E-state index contributed by atoms with van der Waals surface area (Å²) in [6, 6.07) is 9.79. The average Bonchev–Trinajstić information content (AvgIpc) is 2.32. The van der Waals surface area contributed by atoms with Crippen molar-refractivity contribution >= 4 is 0 Å². The number of aliphatic hydroxyl groups is 2. The molecule has 1 aliphatic carbocycles. The van der Waals surface area contributed by atoms with Gasteiger partial charge in [-0.2, -0.15) is 0 Å². The number of ether oxygens (including phenoxy) is 1. The van der Waals surface area contributed by atoms with E-state index in [0.29, 0.717) is 12.6 Å². The van der Waals surface area contributed by atoms with Gasteiger partial charge in [-0.05, 0) is 25.0 Å². The van der Waals surface area contributed by atoms with Crippen LogP contribution in [0.25, 0.3) is 0 Å². The van der Waals surface area contributed by atoms with Gasteiger partial charge in [-0.1, -0.05) is 18.2 Å². The number of aliphatic hydroxyl groups excluding tert-OH is 2. The molecule has 3 N–H and O–H groups in total. The molecule has 1 fully saturated rings. The Morgan fingerprint density at radius 2 is 2.00 bits per heavy atom. The Balaban J connectivity index is 1.59. The maximum atomic E-state index is 9.69. The standard InChI is InChI=1S/C13H19NO3/c15-11-6-10(7-11)14-8-12(16)9-17-13-4-2-1-3-5-13/h1-5,10-12,14-16H,6-9H2. The van der Waals surface area contributed by atoms with E-state index in [4.69, 9.17) is 9.84 Å². The van der Waals surface area contributed by atoms with Crippen LogP contribution in [0.3, 0.4) is 0 Å². The molecular weight excluding hydrogens is 218 g/mol. The van der Waals surface area contributed by atoms with Gasteiger partial charge < -0.3 is 20.3 Å². The first-order valence-electron chi connectivity index (χ1n) is 6.01. The molecule has 1 saturated carbocycles. The van der Waals surface area contributed by atoms with Crippen LogP contribution in [0.15, 0.2) is 30.3 Å². The van der Waals surface area contributed by atoms with Gasteiger partial charge in [0.15, 0.2) is 0 Å². The molecular formula is C13H19NO3. The summed E-state index contributed by atoms with van der Waals surface area (Å²) in [6.45, 7) is 0.788. The van der Waals surface area contributed by atoms with E-state index < -0.39 is 6.10 Å². The number of nitrogens with one attached hydrogen (secondary N) is 1. The predicted octanol–water partition coefficient (Wildman–Crippen LogP) is 0.539. The highest BCUT2D eigenvalue weighted by Gasteiger charge is 2.26. The van der Waals surface area contributed by atoms with E-state index in [0.717, 1.165) is 18.6 Å². The molecule has 0 amide bonds. The van der Waals surface area contributed by atoms with E-state index >= 15 is 0 Å². The van der Waals surface area contributed by atoms with Crippen LogP contribution in [0.2, 0.25) is 0 Å². The normalized spacial score (nSPS) is 25.1. The third-order valence-electron chi connectivity index (χ3n) is 2.94. The van der Waals surface area contributed by atoms with Crippen LogP contribution in [0.1, 0.15) is 12.8 Å². The zero-order valence-electron chi connectivity index (χ0n) is 9.75. The predicted molar refractivity (Wildman–Crippen MR) is 65.0 cm³/mol. The van der Waals surface area contributed by atoms with Gasteiger partial charge in [-0.3, -0.25) is 0 Å². The lowest BCUT2D eigenvalue weighted by atomic mass is 9.89. The average molecular weight is 237 g/mol. The summed E-state index contributed by atoms with van der Waals surface area (Å²) in [4.78, 5) is 0. The van der Waals surface area contributed by atoms with Crippen molar-refractivity contribution in [2.24, 2.45) is 0 Å². The first-order valence-corrected chi connectivity index (χ1v) is 6.01. The van der Waals surface area contributed by atoms with Crippen LogP contribution < -0.4 is 10.1 Å². The minimum Gasteiger partial charge on any atom is -0.491 e. The molecule has 0 spiro atoms. The highest BCUT2D eigenvalue weighted by Crippen LogP contribution is 2.19. The van der Waals surface area contributed by atoms with E-state index in [9.17, 15) is 5.11 Å². The number of para-hydroxylation sites is 1.